The van der Waals surface area contributed by atoms with Crippen LogP contribution in [-0.2, 0) is 8.85 Å². The lowest BCUT2D eigenvalue weighted by molar-refractivity contribution is 0.134. The van der Waals surface area contributed by atoms with Crippen molar-refractivity contribution in [2.24, 2.45) is 17.8 Å². The number of rotatable bonds is 7. The van der Waals surface area contributed by atoms with Crippen molar-refractivity contribution in [3.8, 4) is 0 Å². The van der Waals surface area contributed by atoms with E-state index >= 15 is 0 Å². The molecule has 0 aromatic rings. The second-order valence-electron chi connectivity index (χ2n) is 8.23. The molecule has 2 rings (SSSR count). The lowest BCUT2D eigenvalue weighted by Gasteiger charge is -2.45. The van der Waals surface area contributed by atoms with Crippen LogP contribution in [0.25, 0.3) is 0 Å². The predicted octanol–water partition coefficient (Wildman–Crippen LogP) is 5.91. The SMILES string of the molecule is CCCO[Si](OCC)(C1CCC(C)C1)C1CC(C)CC(C)C1. The summed E-state index contributed by atoms with van der Waals surface area (Å²) in [4.78, 5) is 0. The third-order valence-corrected chi connectivity index (χ3v) is 10.6. The maximum Gasteiger partial charge on any atom is 0.344 e. The van der Waals surface area contributed by atoms with E-state index in [0.717, 1.165) is 42.9 Å². The van der Waals surface area contributed by atoms with Gasteiger partial charge in [-0.15, -0.1) is 0 Å². The Kier molecular flexibility index (Phi) is 6.97. The van der Waals surface area contributed by atoms with Crippen molar-refractivity contribution < 1.29 is 8.85 Å². The van der Waals surface area contributed by atoms with Gasteiger partial charge in [0.2, 0.25) is 0 Å². The topological polar surface area (TPSA) is 18.5 Å². The molecule has 0 aliphatic heterocycles. The van der Waals surface area contributed by atoms with Crippen LogP contribution < -0.4 is 0 Å². The van der Waals surface area contributed by atoms with Gasteiger partial charge < -0.3 is 8.85 Å². The molecule has 0 aromatic heterocycles. The van der Waals surface area contributed by atoms with Gasteiger partial charge in [0.1, 0.15) is 0 Å². The van der Waals surface area contributed by atoms with Crippen LogP contribution in [0, 0.1) is 17.8 Å². The highest BCUT2D eigenvalue weighted by Crippen LogP contribution is 2.53. The molecule has 22 heavy (non-hydrogen) atoms. The van der Waals surface area contributed by atoms with Crippen molar-refractivity contribution in [2.45, 2.75) is 90.6 Å². The molecule has 0 bridgehead atoms. The summed E-state index contributed by atoms with van der Waals surface area (Å²) in [6, 6.07) is 0. The molecule has 0 N–H and O–H groups in total. The number of hydrogen-bond acceptors (Lipinski definition) is 2. The van der Waals surface area contributed by atoms with Gasteiger partial charge in [-0.3, -0.25) is 0 Å². The summed E-state index contributed by atoms with van der Waals surface area (Å²) in [6.45, 7) is 13.4. The van der Waals surface area contributed by atoms with Crippen LogP contribution in [0.4, 0.5) is 0 Å². The minimum atomic E-state index is -2.11. The Balaban J connectivity index is 2.24. The molecule has 0 radical (unpaired) electrons. The minimum Gasteiger partial charge on any atom is -0.394 e. The summed E-state index contributed by atoms with van der Waals surface area (Å²) >= 11 is 0. The largest absolute Gasteiger partial charge is 0.394 e. The Hall–Kier alpha value is 0.137. The molecule has 0 spiro atoms. The third kappa shape index (κ3) is 4.15. The molecular weight excluding hydrogens is 288 g/mol. The smallest absolute Gasteiger partial charge is 0.344 e. The van der Waals surface area contributed by atoms with Crippen LogP contribution in [0.2, 0.25) is 11.1 Å². The van der Waals surface area contributed by atoms with Crippen LogP contribution in [0.3, 0.4) is 0 Å². The van der Waals surface area contributed by atoms with E-state index in [2.05, 4.69) is 34.6 Å². The van der Waals surface area contributed by atoms with Crippen LogP contribution in [-0.4, -0.2) is 21.8 Å². The zero-order valence-electron chi connectivity index (χ0n) is 15.6. The normalized spacial score (nSPS) is 38.9. The molecule has 2 nitrogen and oxygen atoms in total. The quantitative estimate of drug-likeness (QED) is 0.542. The fourth-order valence-corrected chi connectivity index (χ4v) is 10.6. The summed E-state index contributed by atoms with van der Waals surface area (Å²) in [5, 5.41) is 0. The first kappa shape index (κ1) is 18.5. The first-order valence-corrected chi connectivity index (χ1v) is 11.8. The molecule has 2 fully saturated rings. The zero-order valence-corrected chi connectivity index (χ0v) is 16.6. The van der Waals surface area contributed by atoms with E-state index in [1.165, 1.54) is 38.5 Å². The molecule has 0 aromatic carbocycles. The molecule has 2 saturated carbocycles. The fraction of sp³-hybridized carbons (Fsp3) is 1.00. The minimum absolute atomic E-state index is 0.716. The van der Waals surface area contributed by atoms with Gasteiger partial charge in [0.05, 0.1) is 0 Å². The van der Waals surface area contributed by atoms with Crippen molar-refractivity contribution in [3.63, 3.8) is 0 Å². The molecule has 2 aliphatic carbocycles. The summed E-state index contributed by atoms with van der Waals surface area (Å²) < 4.78 is 13.3. The molecule has 5 atom stereocenters. The third-order valence-electron chi connectivity index (χ3n) is 5.91. The summed E-state index contributed by atoms with van der Waals surface area (Å²) in [5.74, 6) is 2.54. The predicted molar refractivity (Wildman–Crippen MR) is 96.3 cm³/mol. The average molecular weight is 327 g/mol. The number of hydrogen-bond donors (Lipinski definition) is 0. The lowest BCUT2D eigenvalue weighted by Crippen LogP contribution is -2.52. The van der Waals surface area contributed by atoms with Gasteiger partial charge in [0.25, 0.3) is 0 Å². The Morgan fingerprint density at radius 1 is 0.773 bits per heavy atom. The van der Waals surface area contributed by atoms with Crippen molar-refractivity contribution in [2.75, 3.05) is 13.2 Å². The van der Waals surface area contributed by atoms with E-state index in [-0.39, 0.29) is 0 Å². The maximum atomic E-state index is 6.70. The van der Waals surface area contributed by atoms with Crippen LogP contribution in [0.15, 0.2) is 0 Å². The lowest BCUT2D eigenvalue weighted by atomic mass is 9.83. The first-order valence-electron chi connectivity index (χ1n) is 9.79. The second kappa shape index (κ2) is 8.30. The van der Waals surface area contributed by atoms with E-state index in [0.29, 0.717) is 5.54 Å². The van der Waals surface area contributed by atoms with E-state index in [9.17, 15) is 0 Å². The van der Waals surface area contributed by atoms with E-state index in [1.807, 2.05) is 0 Å². The Morgan fingerprint density at radius 2 is 1.41 bits per heavy atom. The van der Waals surface area contributed by atoms with Gasteiger partial charge in [0, 0.05) is 24.3 Å². The van der Waals surface area contributed by atoms with Crippen LogP contribution in [0.5, 0.6) is 0 Å². The van der Waals surface area contributed by atoms with Gasteiger partial charge in [-0.05, 0) is 63.2 Å². The Bertz CT molecular complexity index is 325. The van der Waals surface area contributed by atoms with Crippen LogP contribution in [0.1, 0.15) is 79.6 Å². The Morgan fingerprint density at radius 3 is 1.91 bits per heavy atom. The average Bonchev–Trinajstić information content (AvgIpc) is 2.89. The summed E-state index contributed by atoms with van der Waals surface area (Å²) in [7, 11) is -2.11. The fourth-order valence-electron chi connectivity index (χ4n) is 5.18. The van der Waals surface area contributed by atoms with Gasteiger partial charge >= 0.3 is 8.56 Å². The zero-order chi connectivity index (χ0) is 16.2. The van der Waals surface area contributed by atoms with Crippen molar-refractivity contribution >= 4 is 8.56 Å². The molecule has 0 saturated heterocycles. The molecular formula is C19H38O2Si. The van der Waals surface area contributed by atoms with Gasteiger partial charge in [-0.25, -0.2) is 0 Å². The van der Waals surface area contributed by atoms with Crippen molar-refractivity contribution in [3.05, 3.63) is 0 Å². The van der Waals surface area contributed by atoms with Crippen molar-refractivity contribution in [1.82, 2.24) is 0 Å². The monoisotopic (exact) mass is 326 g/mol. The van der Waals surface area contributed by atoms with Gasteiger partial charge in [0.15, 0.2) is 0 Å². The standard InChI is InChI=1S/C19H38O2Si/c1-6-10-21-22(20-7-2,18-9-8-15(3)12-18)19-13-16(4)11-17(5)14-19/h15-19H,6-14H2,1-5H3. The molecule has 3 heteroatoms. The van der Waals surface area contributed by atoms with Crippen molar-refractivity contribution in [1.29, 1.82) is 0 Å². The molecule has 2 aliphatic rings. The second-order valence-corrected chi connectivity index (χ2v) is 11.9. The van der Waals surface area contributed by atoms with E-state index in [4.69, 9.17) is 8.85 Å². The van der Waals surface area contributed by atoms with E-state index in [1.54, 1.807) is 0 Å². The highest BCUT2D eigenvalue weighted by molar-refractivity contribution is 6.70. The van der Waals surface area contributed by atoms with Crippen LogP contribution >= 0.6 is 0 Å². The summed E-state index contributed by atoms with van der Waals surface area (Å²) in [6.07, 6.45) is 9.24. The first-order chi connectivity index (χ1) is 10.5. The Labute approximate surface area is 139 Å². The van der Waals surface area contributed by atoms with E-state index < -0.39 is 8.56 Å². The highest BCUT2D eigenvalue weighted by atomic mass is 28.4. The molecule has 5 unspecified atom stereocenters. The summed E-state index contributed by atoms with van der Waals surface area (Å²) in [5.41, 5.74) is 1.45. The van der Waals surface area contributed by atoms with Gasteiger partial charge in [-0.1, -0.05) is 34.1 Å². The molecule has 130 valence electrons. The molecule has 0 amide bonds. The highest BCUT2D eigenvalue weighted by Gasteiger charge is 2.54. The van der Waals surface area contributed by atoms with Gasteiger partial charge in [-0.2, -0.15) is 0 Å². The maximum absolute atomic E-state index is 6.70. The molecule has 0 heterocycles.